The van der Waals surface area contributed by atoms with Crippen molar-refractivity contribution in [3.63, 3.8) is 0 Å². The molecule has 4 nitrogen and oxygen atoms in total. The van der Waals surface area contributed by atoms with Crippen molar-refractivity contribution in [1.29, 1.82) is 0 Å². The standard InChI is InChI=1S/C8H16O2.C4H6O2.Zn/c1-2-3-4-5-6-7-8(9)10;1-3(2)4(5)6;/h2-7H2,1H3,(H,9,10);1H2,2H3,(H,5,6);/q;;+2/p-2. The van der Waals surface area contributed by atoms with Gasteiger partial charge in [0.15, 0.2) is 0 Å². The second-order valence-electron chi connectivity index (χ2n) is 3.60. The third-order valence-electron chi connectivity index (χ3n) is 1.83. The van der Waals surface area contributed by atoms with E-state index in [0.717, 1.165) is 19.3 Å². The largest absolute Gasteiger partial charge is 2.00 e. The monoisotopic (exact) mass is 292 g/mol. The minimum atomic E-state index is -1.19. The van der Waals surface area contributed by atoms with Crippen LogP contribution in [-0.2, 0) is 29.1 Å². The van der Waals surface area contributed by atoms with Crippen LogP contribution in [0.4, 0.5) is 0 Å². The summed E-state index contributed by atoms with van der Waals surface area (Å²) in [6.07, 6.45) is 5.61. The zero-order chi connectivity index (χ0) is 13.0. The van der Waals surface area contributed by atoms with Crippen molar-refractivity contribution in [3.05, 3.63) is 12.2 Å². The summed E-state index contributed by atoms with van der Waals surface area (Å²) >= 11 is 0. The molecule has 0 fully saturated rings. The summed E-state index contributed by atoms with van der Waals surface area (Å²) in [4.78, 5) is 19.4. The quantitative estimate of drug-likeness (QED) is 0.387. The predicted molar refractivity (Wildman–Crippen MR) is 58.2 cm³/mol. The van der Waals surface area contributed by atoms with Gasteiger partial charge in [0.25, 0.3) is 0 Å². The maximum atomic E-state index is 9.92. The van der Waals surface area contributed by atoms with Gasteiger partial charge in [0.1, 0.15) is 0 Å². The topological polar surface area (TPSA) is 80.3 Å². The van der Waals surface area contributed by atoms with E-state index in [-0.39, 0.29) is 31.5 Å². The molecule has 0 saturated heterocycles. The van der Waals surface area contributed by atoms with E-state index in [1.54, 1.807) is 0 Å². The van der Waals surface area contributed by atoms with Crippen molar-refractivity contribution in [1.82, 2.24) is 0 Å². The molecule has 0 rings (SSSR count). The Morgan fingerprint density at radius 2 is 1.47 bits per heavy atom. The predicted octanol–water partition coefficient (Wildman–Crippen LogP) is 0.407. The molecule has 0 heterocycles. The molecule has 0 aromatic carbocycles. The van der Waals surface area contributed by atoms with Crippen LogP contribution in [0.3, 0.4) is 0 Å². The van der Waals surface area contributed by atoms with Crippen LogP contribution in [0.15, 0.2) is 12.2 Å². The number of carboxylic acid groups (broad SMARTS) is 2. The summed E-state index contributed by atoms with van der Waals surface area (Å²) in [5, 5.41) is 19.4. The number of carbonyl (C=O) groups is 2. The van der Waals surface area contributed by atoms with Crippen LogP contribution >= 0.6 is 0 Å². The first-order valence-electron chi connectivity index (χ1n) is 5.48. The number of aliphatic carboxylic acids is 2. The average Bonchev–Trinajstić information content (AvgIpc) is 2.18. The van der Waals surface area contributed by atoms with Crippen LogP contribution < -0.4 is 10.2 Å². The average molecular weight is 294 g/mol. The maximum Gasteiger partial charge on any atom is 2.00 e. The number of unbranched alkanes of at least 4 members (excludes halogenated alkanes) is 4. The molecular formula is C12H20O4Zn. The first-order valence-corrected chi connectivity index (χ1v) is 5.48. The molecule has 0 spiro atoms. The van der Waals surface area contributed by atoms with Crippen molar-refractivity contribution in [2.45, 2.75) is 52.4 Å². The Hall–Kier alpha value is -0.697. The second kappa shape index (κ2) is 15.3. The second-order valence-corrected chi connectivity index (χ2v) is 3.60. The van der Waals surface area contributed by atoms with Gasteiger partial charge in [-0.1, -0.05) is 39.2 Å². The van der Waals surface area contributed by atoms with Gasteiger partial charge in [-0.2, -0.15) is 0 Å². The third kappa shape index (κ3) is 25.5. The summed E-state index contributed by atoms with van der Waals surface area (Å²) in [6.45, 7) is 6.61. The fourth-order valence-electron chi connectivity index (χ4n) is 0.873. The van der Waals surface area contributed by atoms with Gasteiger partial charge in [0.2, 0.25) is 0 Å². The molecule has 0 radical (unpaired) electrons. The van der Waals surface area contributed by atoms with Gasteiger partial charge < -0.3 is 19.8 Å². The number of rotatable bonds is 7. The van der Waals surface area contributed by atoms with Crippen molar-refractivity contribution in [3.8, 4) is 0 Å². The zero-order valence-electron chi connectivity index (χ0n) is 10.8. The van der Waals surface area contributed by atoms with Crippen LogP contribution in [0, 0.1) is 0 Å². The summed E-state index contributed by atoms with van der Waals surface area (Å²) in [5.74, 6) is -2.11. The molecule has 0 aliphatic carbocycles. The van der Waals surface area contributed by atoms with Crippen molar-refractivity contribution in [2.75, 3.05) is 0 Å². The number of hydrogen-bond acceptors (Lipinski definition) is 4. The normalized spacial score (nSPS) is 8.35. The Morgan fingerprint density at radius 3 is 1.76 bits per heavy atom. The van der Waals surface area contributed by atoms with E-state index < -0.39 is 11.9 Å². The van der Waals surface area contributed by atoms with Crippen LogP contribution in [0.2, 0.25) is 0 Å². The molecule has 0 amide bonds. The minimum absolute atomic E-state index is 0. The Kier molecular flexibility index (Phi) is 19.4. The number of carbonyl (C=O) groups excluding carboxylic acids is 2. The first-order chi connectivity index (χ1) is 7.41. The smallest absolute Gasteiger partial charge is 0.550 e. The molecular weight excluding hydrogens is 274 g/mol. The molecule has 0 aliphatic rings. The van der Waals surface area contributed by atoms with Gasteiger partial charge in [-0.3, -0.25) is 0 Å². The van der Waals surface area contributed by atoms with E-state index >= 15 is 0 Å². The Morgan fingerprint density at radius 1 is 1.06 bits per heavy atom. The van der Waals surface area contributed by atoms with Crippen LogP contribution in [-0.4, -0.2) is 11.9 Å². The van der Waals surface area contributed by atoms with E-state index in [9.17, 15) is 19.8 Å². The van der Waals surface area contributed by atoms with Crippen molar-refractivity contribution < 1.29 is 39.3 Å². The molecule has 0 aliphatic heterocycles. The van der Waals surface area contributed by atoms with Gasteiger partial charge in [-0.25, -0.2) is 0 Å². The molecule has 0 bridgehead atoms. The summed E-state index contributed by atoms with van der Waals surface area (Å²) < 4.78 is 0. The van der Waals surface area contributed by atoms with E-state index in [4.69, 9.17) is 0 Å². The Balaban J connectivity index is -0.000000244. The third-order valence-corrected chi connectivity index (χ3v) is 1.83. The molecule has 0 aromatic heterocycles. The maximum absolute atomic E-state index is 9.92. The van der Waals surface area contributed by atoms with E-state index in [1.165, 1.54) is 19.8 Å². The molecule has 17 heavy (non-hydrogen) atoms. The van der Waals surface area contributed by atoms with E-state index in [1.807, 2.05) is 0 Å². The molecule has 0 N–H and O–H groups in total. The van der Waals surface area contributed by atoms with Gasteiger partial charge in [0.05, 0.1) is 5.97 Å². The van der Waals surface area contributed by atoms with Gasteiger partial charge in [-0.05, 0) is 25.3 Å². The summed E-state index contributed by atoms with van der Waals surface area (Å²) in [7, 11) is 0. The molecule has 0 unspecified atom stereocenters. The van der Waals surface area contributed by atoms with Gasteiger partial charge in [0, 0.05) is 5.97 Å². The molecule has 0 aromatic rings. The zero-order valence-corrected chi connectivity index (χ0v) is 13.8. The number of hydrogen-bond donors (Lipinski definition) is 0. The molecule has 5 heteroatoms. The van der Waals surface area contributed by atoms with Crippen LogP contribution in [0.1, 0.15) is 52.4 Å². The van der Waals surface area contributed by atoms with E-state index in [2.05, 4.69) is 13.5 Å². The Bertz CT molecular complexity index is 215. The Labute approximate surface area is 116 Å². The van der Waals surface area contributed by atoms with E-state index in [0.29, 0.717) is 0 Å². The van der Waals surface area contributed by atoms with Gasteiger partial charge >= 0.3 is 19.5 Å². The van der Waals surface area contributed by atoms with Crippen LogP contribution in [0.25, 0.3) is 0 Å². The minimum Gasteiger partial charge on any atom is -0.550 e. The summed E-state index contributed by atoms with van der Waals surface area (Å²) in [6, 6.07) is 0. The van der Waals surface area contributed by atoms with Crippen molar-refractivity contribution in [2.24, 2.45) is 0 Å². The molecule has 0 saturated carbocycles. The first kappa shape index (κ1) is 21.6. The number of carboxylic acids is 2. The van der Waals surface area contributed by atoms with Crippen LogP contribution in [0.5, 0.6) is 0 Å². The van der Waals surface area contributed by atoms with Gasteiger partial charge in [-0.15, -0.1) is 0 Å². The SMILES string of the molecule is C=C(C)C(=O)[O-].CCCCCCCC(=O)[O-].[Zn+2]. The van der Waals surface area contributed by atoms with Crippen molar-refractivity contribution >= 4 is 11.9 Å². The summed E-state index contributed by atoms with van der Waals surface area (Å²) in [5.41, 5.74) is 0.0648. The molecule has 94 valence electrons. The molecule has 0 atom stereocenters. The fourth-order valence-corrected chi connectivity index (χ4v) is 0.873. The fraction of sp³-hybridized carbons (Fsp3) is 0.667.